The van der Waals surface area contributed by atoms with E-state index in [2.05, 4.69) is 0 Å². The number of likely N-dealkylation sites (tertiary alicyclic amines) is 1. The maximum atomic E-state index is 13.3. The van der Waals surface area contributed by atoms with Crippen molar-refractivity contribution in [1.82, 2.24) is 4.90 Å². The van der Waals surface area contributed by atoms with Gasteiger partial charge in [0, 0.05) is 26.0 Å². The molecule has 0 spiro atoms. The van der Waals surface area contributed by atoms with Gasteiger partial charge >= 0.3 is 0 Å². The second-order valence-electron chi connectivity index (χ2n) is 6.65. The van der Waals surface area contributed by atoms with Crippen LogP contribution >= 0.6 is 34.5 Å². The first-order valence-corrected chi connectivity index (χ1v) is 10.5. The van der Waals surface area contributed by atoms with E-state index in [0.29, 0.717) is 5.56 Å². The molecule has 1 aliphatic heterocycles. The summed E-state index contributed by atoms with van der Waals surface area (Å²) in [7, 11) is 0. The van der Waals surface area contributed by atoms with E-state index in [-0.39, 0.29) is 27.7 Å². The van der Waals surface area contributed by atoms with Crippen molar-refractivity contribution in [2.45, 2.75) is 12.6 Å². The quantitative estimate of drug-likeness (QED) is 0.302. The molecule has 8 heteroatoms. The molecule has 0 bridgehead atoms. The Bertz CT molecular complexity index is 1140. The average molecular weight is 462 g/mol. The maximum Gasteiger partial charge on any atom is 0.295 e. The van der Waals surface area contributed by atoms with Crippen molar-refractivity contribution in [1.29, 1.82) is 0 Å². The van der Waals surface area contributed by atoms with Gasteiger partial charge in [0.1, 0.15) is 11.6 Å². The van der Waals surface area contributed by atoms with E-state index in [4.69, 9.17) is 23.2 Å². The topological polar surface area (TPSA) is 57.6 Å². The molecule has 30 heavy (non-hydrogen) atoms. The molecule has 0 radical (unpaired) electrons. The number of hydrogen-bond acceptors (Lipinski definition) is 4. The van der Waals surface area contributed by atoms with E-state index in [1.165, 1.54) is 28.4 Å². The van der Waals surface area contributed by atoms with Gasteiger partial charge < -0.3 is 10.0 Å². The van der Waals surface area contributed by atoms with Crippen LogP contribution in [0.1, 0.15) is 22.0 Å². The minimum Gasteiger partial charge on any atom is -0.507 e. The van der Waals surface area contributed by atoms with E-state index in [9.17, 15) is 19.1 Å². The molecule has 4 nitrogen and oxygen atoms in total. The van der Waals surface area contributed by atoms with Gasteiger partial charge in [-0.3, -0.25) is 9.59 Å². The van der Waals surface area contributed by atoms with Crippen molar-refractivity contribution in [2.75, 3.05) is 0 Å². The van der Waals surface area contributed by atoms with Crippen molar-refractivity contribution in [3.8, 4) is 0 Å². The maximum absolute atomic E-state index is 13.3. The van der Waals surface area contributed by atoms with Crippen molar-refractivity contribution >= 4 is 52.0 Å². The first-order chi connectivity index (χ1) is 14.4. The van der Waals surface area contributed by atoms with E-state index >= 15 is 0 Å². The summed E-state index contributed by atoms with van der Waals surface area (Å²) in [5.74, 6) is -2.53. The molecule has 0 saturated carbocycles. The van der Waals surface area contributed by atoms with Gasteiger partial charge in [-0.25, -0.2) is 4.39 Å². The number of benzene rings is 2. The first-order valence-electron chi connectivity index (χ1n) is 8.89. The van der Waals surface area contributed by atoms with Crippen LogP contribution in [0.15, 0.2) is 65.6 Å². The number of halogens is 3. The van der Waals surface area contributed by atoms with Crippen molar-refractivity contribution in [3.05, 3.63) is 97.4 Å². The number of aliphatic hydroxyl groups is 1. The molecule has 2 aromatic carbocycles. The molecule has 1 atom stereocenters. The minimum absolute atomic E-state index is 0.141. The third kappa shape index (κ3) is 3.62. The Morgan fingerprint density at radius 3 is 2.30 bits per heavy atom. The molecule has 1 N–H and O–H groups in total. The third-order valence-corrected chi connectivity index (χ3v) is 6.36. The zero-order valence-electron chi connectivity index (χ0n) is 15.3. The van der Waals surface area contributed by atoms with Crippen LogP contribution in [0.3, 0.4) is 0 Å². The highest BCUT2D eigenvalue weighted by Gasteiger charge is 2.47. The van der Waals surface area contributed by atoms with Crippen LogP contribution < -0.4 is 0 Å². The Kier molecular flexibility index (Phi) is 5.64. The number of carbonyl (C=O) groups is 2. The monoisotopic (exact) mass is 461 g/mol. The number of Topliss-reactive ketones (excluding diaryl/α,β-unsaturated/α-hetero) is 1. The fourth-order valence-corrected chi connectivity index (χ4v) is 4.76. The smallest absolute Gasteiger partial charge is 0.295 e. The van der Waals surface area contributed by atoms with Gasteiger partial charge in [-0.2, -0.15) is 0 Å². The largest absolute Gasteiger partial charge is 0.507 e. The summed E-state index contributed by atoms with van der Waals surface area (Å²) in [6.45, 7) is 0.147. The highest BCUT2D eigenvalue weighted by Crippen LogP contribution is 2.45. The predicted molar refractivity (Wildman–Crippen MR) is 115 cm³/mol. The zero-order valence-corrected chi connectivity index (χ0v) is 17.6. The standard InChI is InChI=1S/C22H14Cl2FNO3S/c23-15-4-1-5-16(24)17(15)19-18(20(27)12-6-8-13(25)9-7-12)21(28)22(29)26(19)11-14-3-2-10-30-14/h1-10,19,27H,11H2/b20-18+. The van der Waals surface area contributed by atoms with Crippen LogP contribution in [0.5, 0.6) is 0 Å². The second kappa shape index (κ2) is 8.22. The van der Waals surface area contributed by atoms with Gasteiger partial charge in [0.15, 0.2) is 0 Å². The summed E-state index contributed by atoms with van der Waals surface area (Å²) < 4.78 is 13.3. The minimum atomic E-state index is -0.988. The van der Waals surface area contributed by atoms with E-state index in [1.54, 1.807) is 18.2 Å². The zero-order chi connectivity index (χ0) is 21.4. The molecule has 4 rings (SSSR count). The number of thiophene rings is 1. The summed E-state index contributed by atoms with van der Waals surface area (Å²) in [4.78, 5) is 28.1. The Morgan fingerprint density at radius 2 is 1.70 bits per heavy atom. The van der Waals surface area contributed by atoms with Crippen LogP contribution in [-0.2, 0) is 16.1 Å². The Balaban J connectivity index is 1.93. The van der Waals surface area contributed by atoms with Gasteiger partial charge in [-0.1, -0.05) is 35.3 Å². The molecule has 1 aliphatic rings. The van der Waals surface area contributed by atoms with Crippen molar-refractivity contribution in [3.63, 3.8) is 0 Å². The van der Waals surface area contributed by atoms with E-state index in [1.807, 2.05) is 17.5 Å². The second-order valence-corrected chi connectivity index (χ2v) is 8.50. The number of hydrogen-bond donors (Lipinski definition) is 1. The number of aliphatic hydroxyl groups excluding tert-OH is 1. The summed E-state index contributed by atoms with van der Waals surface area (Å²) in [6, 6.07) is 12.5. The van der Waals surface area contributed by atoms with Crippen molar-refractivity contribution in [2.24, 2.45) is 0 Å². The number of rotatable bonds is 4. The fourth-order valence-electron chi connectivity index (χ4n) is 3.45. The van der Waals surface area contributed by atoms with Gasteiger partial charge in [0.2, 0.25) is 0 Å². The lowest BCUT2D eigenvalue weighted by Crippen LogP contribution is -2.29. The molecular formula is C22H14Cl2FNO3S. The van der Waals surface area contributed by atoms with E-state index in [0.717, 1.165) is 17.0 Å². The lowest BCUT2D eigenvalue weighted by Gasteiger charge is -2.26. The summed E-state index contributed by atoms with van der Waals surface area (Å²) >= 11 is 14.2. The predicted octanol–water partition coefficient (Wildman–Crippen LogP) is 5.82. The normalized spacial score (nSPS) is 18.2. The summed E-state index contributed by atoms with van der Waals surface area (Å²) in [5, 5.41) is 13.3. The van der Waals surface area contributed by atoms with Crippen LogP contribution in [0.4, 0.5) is 4.39 Å². The number of amides is 1. The van der Waals surface area contributed by atoms with Gasteiger partial charge in [0.05, 0.1) is 18.2 Å². The molecule has 1 amide bonds. The Hall–Kier alpha value is -2.67. The van der Waals surface area contributed by atoms with Crippen LogP contribution in [0.2, 0.25) is 10.0 Å². The highest BCUT2D eigenvalue weighted by molar-refractivity contribution is 7.09. The van der Waals surface area contributed by atoms with Crippen LogP contribution in [-0.4, -0.2) is 21.7 Å². The number of ketones is 1. The molecule has 152 valence electrons. The molecule has 1 saturated heterocycles. The van der Waals surface area contributed by atoms with Gasteiger partial charge in [-0.05, 0) is 47.8 Å². The van der Waals surface area contributed by atoms with Gasteiger partial charge in [0.25, 0.3) is 11.7 Å². The Morgan fingerprint density at radius 1 is 1.03 bits per heavy atom. The number of carbonyl (C=O) groups excluding carboxylic acids is 2. The summed E-state index contributed by atoms with van der Waals surface area (Å²) in [5.41, 5.74) is 0.414. The van der Waals surface area contributed by atoms with Crippen LogP contribution in [0, 0.1) is 5.82 Å². The summed E-state index contributed by atoms with van der Waals surface area (Å²) in [6.07, 6.45) is 0. The van der Waals surface area contributed by atoms with Crippen molar-refractivity contribution < 1.29 is 19.1 Å². The molecular weight excluding hydrogens is 448 g/mol. The molecule has 1 fully saturated rings. The average Bonchev–Trinajstić information content (AvgIpc) is 3.31. The van der Waals surface area contributed by atoms with E-state index < -0.39 is 29.3 Å². The molecule has 1 aromatic heterocycles. The Labute approximate surface area is 185 Å². The first kappa shape index (κ1) is 20.6. The third-order valence-electron chi connectivity index (χ3n) is 4.84. The lowest BCUT2D eigenvalue weighted by molar-refractivity contribution is -0.140. The molecule has 1 unspecified atom stereocenters. The number of nitrogens with zero attached hydrogens (tertiary/aromatic N) is 1. The lowest BCUT2D eigenvalue weighted by atomic mass is 9.95. The van der Waals surface area contributed by atoms with Gasteiger partial charge in [-0.15, -0.1) is 11.3 Å². The molecule has 3 aromatic rings. The van der Waals surface area contributed by atoms with Crippen LogP contribution in [0.25, 0.3) is 5.76 Å². The SMILES string of the molecule is O=C1C(=O)N(Cc2cccs2)C(c2c(Cl)cccc2Cl)/C1=C(\O)c1ccc(F)cc1. The molecule has 0 aliphatic carbocycles. The molecule has 2 heterocycles. The highest BCUT2D eigenvalue weighted by atomic mass is 35.5. The fraction of sp³-hybridized carbons (Fsp3) is 0.0909.